The molecule has 1 rings (SSSR count). The number of carboxylic acids is 1. The van der Waals surface area contributed by atoms with Crippen LogP contribution in [0.15, 0.2) is 12.4 Å². The molecule has 0 bridgehead atoms. The molecule has 0 saturated carbocycles. The third kappa shape index (κ3) is 2.38. The number of rotatable bonds is 4. The molecular weight excluding hydrogens is 156 g/mol. The SMILES string of the molecule is CC(CCc1cn[nH]c1)C(=O)O. The van der Waals surface area contributed by atoms with Crippen molar-refractivity contribution in [2.24, 2.45) is 5.92 Å². The summed E-state index contributed by atoms with van der Waals surface area (Å²) in [5.41, 5.74) is 1.06. The summed E-state index contributed by atoms with van der Waals surface area (Å²) in [6, 6.07) is 0. The Morgan fingerprint density at radius 1 is 1.83 bits per heavy atom. The zero-order valence-corrected chi connectivity index (χ0v) is 6.95. The van der Waals surface area contributed by atoms with Crippen LogP contribution < -0.4 is 0 Å². The van der Waals surface area contributed by atoms with Crippen molar-refractivity contribution in [3.8, 4) is 0 Å². The quantitative estimate of drug-likeness (QED) is 0.706. The molecule has 12 heavy (non-hydrogen) atoms. The van der Waals surface area contributed by atoms with Crippen LogP contribution in [0.4, 0.5) is 0 Å². The number of hydrogen-bond donors (Lipinski definition) is 2. The second-order valence-corrected chi connectivity index (χ2v) is 2.88. The summed E-state index contributed by atoms with van der Waals surface area (Å²) >= 11 is 0. The topological polar surface area (TPSA) is 66.0 Å². The Kier molecular flexibility index (Phi) is 2.85. The number of carbonyl (C=O) groups is 1. The number of aliphatic carboxylic acids is 1. The first-order valence-corrected chi connectivity index (χ1v) is 3.90. The molecule has 0 saturated heterocycles. The fraction of sp³-hybridized carbons (Fsp3) is 0.500. The molecule has 0 aliphatic heterocycles. The van der Waals surface area contributed by atoms with Gasteiger partial charge in [0.25, 0.3) is 0 Å². The second-order valence-electron chi connectivity index (χ2n) is 2.88. The van der Waals surface area contributed by atoms with Gasteiger partial charge in [-0.1, -0.05) is 6.92 Å². The van der Waals surface area contributed by atoms with Gasteiger partial charge in [-0.05, 0) is 18.4 Å². The second kappa shape index (κ2) is 3.90. The maximum absolute atomic E-state index is 10.4. The van der Waals surface area contributed by atoms with E-state index >= 15 is 0 Å². The molecule has 1 atom stereocenters. The van der Waals surface area contributed by atoms with Crippen molar-refractivity contribution in [2.75, 3.05) is 0 Å². The number of H-pyrrole nitrogens is 1. The standard InChI is InChI=1S/C8H12N2O2/c1-6(8(11)12)2-3-7-4-9-10-5-7/h4-6H,2-3H2,1H3,(H,9,10)(H,11,12). The van der Waals surface area contributed by atoms with Crippen LogP contribution in [-0.4, -0.2) is 21.3 Å². The highest BCUT2D eigenvalue weighted by atomic mass is 16.4. The molecule has 0 aromatic carbocycles. The van der Waals surface area contributed by atoms with Crippen molar-refractivity contribution in [3.63, 3.8) is 0 Å². The average Bonchev–Trinajstić information content (AvgIpc) is 2.51. The summed E-state index contributed by atoms with van der Waals surface area (Å²) in [6.45, 7) is 1.71. The van der Waals surface area contributed by atoms with Crippen LogP contribution in [-0.2, 0) is 11.2 Å². The van der Waals surface area contributed by atoms with Crippen LogP contribution in [0.5, 0.6) is 0 Å². The lowest BCUT2D eigenvalue weighted by molar-refractivity contribution is -0.141. The minimum absolute atomic E-state index is 0.278. The third-order valence-electron chi connectivity index (χ3n) is 1.84. The van der Waals surface area contributed by atoms with Gasteiger partial charge in [0.1, 0.15) is 0 Å². The number of nitrogens with one attached hydrogen (secondary N) is 1. The largest absolute Gasteiger partial charge is 0.481 e. The summed E-state index contributed by atoms with van der Waals surface area (Å²) < 4.78 is 0. The highest BCUT2D eigenvalue weighted by Gasteiger charge is 2.10. The van der Waals surface area contributed by atoms with Crippen LogP contribution in [0.2, 0.25) is 0 Å². The molecule has 0 aliphatic carbocycles. The van der Waals surface area contributed by atoms with Crippen molar-refractivity contribution < 1.29 is 9.90 Å². The normalized spacial score (nSPS) is 12.8. The Labute approximate surface area is 70.6 Å². The molecule has 4 nitrogen and oxygen atoms in total. The van der Waals surface area contributed by atoms with E-state index in [9.17, 15) is 4.79 Å². The molecule has 1 aromatic heterocycles. The number of aromatic nitrogens is 2. The molecule has 0 radical (unpaired) electrons. The maximum atomic E-state index is 10.4. The summed E-state index contributed by atoms with van der Waals surface area (Å²) in [4.78, 5) is 10.4. The van der Waals surface area contributed by atoms with Crippen LogP contribution >= 0.6 is 0 Å². The average molecular weight is 168 g/mol. The lowest BCUT2D eigenvalue weighted by Crippen LogP contribution is -2.09. The molecule has 0 spiro atoms. The van der Waals surface area contributed by atoms with Gasteiger partial charge in [0.2, 0.25) is 0 Å². The molecule has 0 fully saturated rings. The number of hydrogen-bond acceptors (Lipinski definition) is 2. The fourth-order valence-corrected chi connectivity index (χ4v) is 0.921. The fourth-order valence-electron chi connectivity index (χ4n) is 0.921. The summed E-state index contributed by atoms with van der Waals surface area (Å²) in [6.07, 6.45) is 4.93. The van der Waals surface area contributed by atoms with E-state index in [1.54, 1.807) is 19.3 Å². The van der Waals surface area contributed by atoms with E-state index < -0.39 is 5.97 Å². The molecule has 2 N–H and O–H groups in total. The van der Waals surface area contributed by atoms with Gasteiger partial charge < -0.3 is 5.11 Å². The summed E-state index contributed by atoms with van der Waals surface area (Å²) in [5, 5.41) is 15.0. The molecule has 0 amide bonds. The van der Waals surface area contributed by atoms with E-state index in [1.807, 2.05) is 0 Å². The number of aromatic amines is 1. The monoisotopic (exact) mass is 168 g/mol. The van der Waals surface area contributed by atoms with E-state index in [-0.39, 0.29) is 5.92 Å². The van der Waals surface area contributed by atoms with Gasteiger partial charge in [-0.25, -0.2) is 0 Å². The van der Waals surface area contributed by atoms with E-state index in [2.05, 4.69) is 10.2 Å². The van der Waals surface area contributed by atoms with Gasteiger partial charge in [0.15, 0.2) is 0 Å². The Hall–Kier alpha value is -1.32. The molecule has 0 aliphatic rings. The van der Waals surface area contributed by atoms with Gasteiger partial charge in [-0.2, -0.15) is 5.10 Å². The van der Waals surface area contributed by atoms with Crippen LogP contribution in [0.25, 0.3) is 0 Å². The van der Waals surface area contributed by atoms with Gasteiger partial charge in [-0.3, -0.25) is 9.89 Å². The maximum Gasteiger partial charge on any atom is 0.306 e. The lowest BCUT2D eigenvalue weighted by atomic mass is 10.0. The van der Waals surface area contributed by atoms with Crippen molar-refractivity contribution in [1.29, 1.82) is 0 Å². The predicted octanol–water partition coefficient (Wildman–Crippen LogP) is 1.06. The van der Waals surface area contributed by atoms with Gasteiger partial charge >= 0.3 is 5.97 Å². The number of aryl methyl sites for hydroxylation is 1. The van der Waals surface area contributed by atoms with Crippen molar-refractivity contribution in [3.05, 3.63) is 18.0 Å². The van der Waals surface area contributed by atoms with Gasteiger partial charge in [0, 0.05) is 6.20 Å². The Morgan fingerprint density at radius 2 is 2.58 bits per heavy atom. The molecule has 1 heterocycles. The molecule has 1 aromatic rings. The predicted molar refractivity (Wildman–Crippen MR) is 43.7 cm³/mol. The first kappa shape index (κ1) is 8.77. The zero-order valence-electron chi connectivity index (χ0n) is 6.95. The molecule has 1 unspecified atom stereocenters. The number of nitrogens with zero attached hydrogens (tertiary/aromatic N) is 1. The van der Waals surface area contributed by atoms with Crippen molar-refractivity contribution in [1.82, 2.24) is 10.2 Å². The van der Waals surface area contributed by atoms with Crippen molar-refractivity contribution >= 4 is 5.97 Å². The van der Waals surface area contributed by atoms with Gasteiger partial charge in [0.05, 0.1) is 12.1 Å². The minimum atomic E-state index is -0.738. The van der Waals surface area contributed by atoms with Crippen molar-refractivity contribution in [2.45, 2.75) is 19.8 Å². The Bertz CT molecular complexity index is 244. The summed E-state index contributed by atoms with van der Waals surface area (Å²) in [7, 11) is 0. The Balaban J connectivity index is 2.31. The first-order valence-electron chi connectivity index (χ1n) is 3.90. The zero-order chi connectivity index (χ0) is 8.97. The summed E-state index contributed by atoms with van der Waals surface area (Å²) in [5.74, 6) is -1.02. The third-order valence-corrected chi connectivity index (χ3v) is 1.84. The van der Waals surface area contributed by atoms with E-state index in [0.29, 0.717) is 6.42 Å². The smallest absolute Gasteiger partial charge is 0.306 e. The molecule has 66 valence electrons. The molecule has 4 heteroatoms. The minimum Gasteiger partial charge on any atom is -0.481 e. The van der Waals surface area contributed by atoms with Crippen LogP contribution in [0.3, 0.4) is 0 Å². The van der Waals surface area contributed by atoms with E-state index in [1.165, 1.54) is 0 Å². The highest BCUT2D eigenvalue weighted by Crippen LogP contribution is 2.07. The van der Waals surface area contributed by atoms with E-state index in [0.717, 1.165) is 12.0 Å². The first-order chi connectivity index (χ1) is 5.70. The van der Waals surface area contributed by atoms with Gasteiger partial charge in [-0.15, -0.1) is 0 Å². The van der Waals surface area contributed by atoms with Crippen LogP contribution in [0.1, 0.15) is 18.9 Å². The number of carboxylic acid groups (broad SMARTS) is 1. The van der Waals surface area contributed by atoms with Crippen LogP contribution in [0, 0.1) is 5.92 Å². The lowest BCUT2D eigenvalue weighted by Gasteiger charge is -2.02. The Morgan fingerprint density at radius 3 is 3.08 bits per heavy atom. The van der Waals surface area contributed by atoms with E-state index in [4.69, 9.17) is 5.11 Å². The molecular formula is C8H12N2O2. The highest BCUT2D eigenvalue weighted by molar-refractivity contribution is 5.69.